The highest BCUT2D eigenvalue weighted by atomic mass is 19.1. The van der Waals surface area contributed by atoms with Crippen molar-refractivity contribution in [1.82, 2.24) is 10.2 Å². The zero-order valence-electron chi connectivity index (χ0n) is 13.5. The van der Waals surface area contributed by atoms with E-state index in [9.17, 15) is 9.18 Å². The van der Waals surface area contributed by atoms with Crippen molar-refractivity contribution in [2.45, 2.75) is 31.6 Å². The number of piperidine rings is 1. The summed E-state index contributed by atoms with van der Waals surface area (Å²) in [5, 5.41) is 6.82. The van der Waals surface area contributed by atoms with Gasteiger partial charge < -0.3 is 9.80 Å². The van der Waals surface area contributed by atoms with Crippen molar-refractivity contribution in [2.24, 2.45) is 0 Å². The lowest BCUT2D eigenvalue weighted by molar-refractivity contribution is -0.117. The van der Waals surface area contributed by atoms with Gasteiger partial charge in [0, 0.05) is 37.9 Å². The lowest BCUT2D eigenvalue weighted by Crippen LogP contribution is -2.32. The van der Waals surface area contributed by atoms with Crippen LogP contribution in [0.3, 0.4) is 0 Å². The Morgan fingerprint density at radius 1 is 1.17 bits per heavy atom. The summed E-state index contributed by atoms with van der Waals surface area (Å²) in [6, 6.07) is 5.29. The number of rotatable bonds is 3. The van der Waals surface area contributed by atoms with Crippen LogP contribution in [-0.4, -0.2) is 35.7 Å². The summed E-state index contributed by atoms with van der Waals surface area (Å²) in [4.78, 5) is 15.8. The lowest BCUT2D eigenvalue weighted by atomic mass is 9.88. The van der Waals surface area contributed by atoms with E-state index >= 15 is 0 Å². The third-order valence-electron chi connectivity index (χ3n) is 5.15. The zero-order chi connectivity index (χ0) is 16.5. The number of H-pyrrole nitrogens is 1. The van der Waals surface area contributed by atoms with Crippen LogP contribution in [0.1, 0.15) is 37.2 Å². The largest absolute Gasteiger partial charge is 0.369 e. The summed E-state index contributed by atoms with van der Waals surface area (Å²) in [6.45, 7) is 2.49. The van der Waals surface area contributed by atoms with Crippen molar-refractivity contribution >= 4 is 17.3 Å². The number of hydrogen-bond acceptors (Lipinski definition) is 3. The Morgan fingerprint density at radius 2 is 2.00 bits per heavy atom. The first-order chi connectivity index (χ1) is 11.7. The molecular weight excluding hydrogens is 307 g/mol. The predicted molar refractivity (Wildman–Crippen MR) is 90.8 cm³/mol. The van der Waals surface area contributed by atoms with Gasteiger partial charge in [-0.25, -0.2) is 4.39 Å². The molecular formula is C18H21FN4O. The molecule has 1 N–H and O–H groups in total. The second-order valence-corrected chi connectivity index (χ2v) is 6.57. The predicted octanol–water partition coefficient (Wildman–Crippen LogP) is 3.06. The Morgan fingerprint density at radius 3 is 2.62 bits per heavy atom. The molecule has 1 aromatic heterocycles. The number of carbonyl (C=O) groups is 1. The number of anilines is 2. The first-order valence-electron chi connectivity index (χ1n) is 8.56. The van der Waals surface area contributed by atoms with Gasteiger partial charge in [-0.1, -0.05) is 6.07 Å². The number of amides is 1. The third-order valence-corrected chi connectivity index (χ3v) is 5.15. The van der Waals surface area contributed by atoms with Gasteiger partial charge in [0.1, 0.15) is 5.82 Å². The summed E-state index contributed by atoms with van der Waals surface area (Å²) in [5.41, 5.74) is 2.56. The number of carbonyl (C=O) groups excluding carboxylic acids is 1. The molecule has 24 heavy (non-hydrogen) atoms. The molecule has 2 fully saturated rings. The lowest BCUT2D eigenvalue weighted by Gasteiger charge is -2.33. The van der Waals surface area contributed by atoms with Crippen LogP contribution in [0.15, 0.2) is 30.6 Å². The number of aromatic nitrogens is 2. The number of hydrogen-bond donors (Lipinski definition) is 1. The minimum absolute atomic E-state index is 0.0931. The van der Waals surface area contributed by atoms with Gasteiger partial charge in [0.2, 0.25) is 5.91 Å². The fourth-order valence-corrected chi connectivity index (χ4v) is 3.80. The average Bonchev–Trinajstić information content (AvgIpc) is 3.26. The van der Waals surface area contributed by atoms with Crippen molar-refractivity contribution in [3.05, 3.63) is 42.0 Å². The summed E-state index contributed by atoms with van der Waals surface area (Å²) in [6.07, 6.45) is 6.98. The highest BCUT2D eigenvalue weighted by Gasteiger charge is 2.26. The molecule has 5 nitrogen and oxygen atoms in total. The van der Waals surface area contributed by atoms with E-state index in [0.29, 0.717) is 18.7 Å². The number of halogens is 1. The van der Waals surface area contributed by atoms with Crippen LogP contribution >= 0.6 is 0 Å². The molecule has 1 amide bonds. The summed E-state index contributed by atoms with van der Waals surface area (Å²) >= 11 is 0. The maximum absolute atomic E-state index is 14.6. The first-order valence-corrected chi connectivity index (χ1v) is 8.56. The van der Waals surface area contributed by atoms with Crippen LogP contribution in [0.25, 0.3) is 0 Å². The van der Waals surface area contributed by atoms with Gasteiger partial charge in [0.25, 0.3) is 0 Å². The standard InChI is InChI=1S/C18H21FN4O/c19-17-10-14(23-7-1-2-18(23)24)3-4-16(17)13-5-8-22(9-6-13)15-11-20-21-12-15/h3-4,10-13H,1-2,5-9H2,(H,20,21). The molecule has 0 aliphatic carbocycles. The van der Waals surface area contributed by atoms with Crippen LogP contribution < -0.4 is 9.80 Å². The van der Waals surface area contributed by atoms with Gasteiger partial charge in [-0.2, -0.15) is 5.10 Å². The van der Waals surface area contributed by atoms with Crippen LogP contribution in [-0.2, 0) is 4.79 Å². The van der Waals surface area contributed by atoms with Gasteiger partial charge in [-0.05, 0) is 42.9 Å². The third kappa shape index (κ3) is 2.77. The second-order valence-electron chi connectivity index (χ2n) is 6.57. The fraction of sp³-hybridized carbons (Fsp3) is 0.444. The summed E-state index contributed by atoms with van der Waals surface area (Å²) in [7, 11) is 0. The summed E-state index contributed by atoms with van der Waals surface area (Å²) < 4.78 is 14.6. The molecule has 0 unspecified atom stereocenters. The monoisotopic (exact) mass is 328 g/mol. The molecule has 0 radical (unpaired) electrons. The topological polar surface area (TPSA) is 52.2 Å². The molecule has 6 heteroatoms. The van der Waals surface area contributed by atoms with Gasteiger partial charge in [-0.3, -0.25) is 9.89 Å². The van der Waals surface area contributed by atoms with E-state index in [-0.39, 0.29) is 17.6 Å². The maximum atomic E-state index is 14.6. The van der Waals surface area contributed by atoms with Gasteiger partial charge in [0.05, 0.1) is 11.9 Å². The van der Waals surface area contributed by atoms with Gasteiger partial charge >= 0.3 is 0 Å². The van der Waals surface area contributed by atoms with E-state index in [0.717, 1.165) is 43.6 Å². The number of nitrogens with zero attached hydrogens (tertiary/aromatic N) is 3. The summed E-state index contributed by atoms with van der Waals surface area (Å²) in [5.74, 6) is 0.140. The van der Waals surface area contributed by atoms with Crippen LogP contribution in [0.4, 0.5) is 15.8 Å². The molecule has 2 aromatic rings. The van der Waals surface area contributed by atoms with E-state index in [2.05, 4.69) is 15.1 Å². The van der Waals surface area contributed by atoms with Crippen LogP contribution in [0, 0.1) is 5.82 Å². The molecule has 126 valence electrons. The molecule has 4 rings (SSSR count). The van der Waals surface area contributed by atoms with Crippen molar-refractivity contribution in [3.8, 4) is 0 Å². The second kappa shape index (κ2) is 6.26. The highest BCUT2D eigenvalue weighted by Crippen LogP contribution is 2.33. The van der Waals surface area contributed by atoms with E-state index in [1.54, 1.807) is 4.90 Å². The minimum Gasteiger partial charge on any atom is -0.369 e. The normalized spacial score (nSPS) is 19.3. The van der Waals surface area contributed by atoms with Crippen molar-refractivity contribution in [1.29, 1.82) is 0 Å². The van der Waals surface area contributed by atoms with Crippen molar-refractivity contribution in [2.75, 3.05) is 29.4 Å². The molecule has 1 aromatic carbocycles. The molecule has 0 atom stereocenters. The van der Waals surface area contributed by atoms with Crippen LogP contribution in [0.2, 0.25) is 0 Å². The first kappa shape index (κ1) is 15.2. The Labute approximate surface area is 140 Å². The average molecular weight is 328 g/mol. The van der Waals surface area contributed by atoms with E-state index in [1.807, 2.05) is 24.5 Å². The molecule has 0 bridgehead atoms. The number of benzene rings is 1. The SMILES string of the molecule is O=C1CCCN1c1ccc(C2CCN(c3cn[nH]c3)CC2)c(F)c1. The van der Waals surface area contributed by atoms with E-state index in [4.69, 9.17) is 0 Å². The smallest absolute Gasteiger partial charge is 0.227 e. The molecule has 2 saturated heterocycles. The molecule has 2 aliphatic rings. The molecule has 0 saturated carbocycles. The Hall–Kier alpha value is -2.37. The van der Waals surface area contributed by atoms with Gasteiger partial charge in [0.15, 0.2) is 0 Å². The Kier molecular flexibility index (Phi) is 3.96. The van der Waals surface area contributed by atoms with Crippen molar-refractivity contribution < 1.29 is 9.18 Å². The van der Waals surface area contributed by atoms with Crippen LogP contribution in [0.5, 0.6) is 0 Å². The minimum atomic E-state index is -0.186. The molecule has 0 spiro atoms. The molecule has 3 heterocycles. The van der Waals surface area contributed by atoms with Crippen molar-refractivity contribution in [3.63, 3.8) is 0 Å². The maximum Gasteiger partial charge on any atom is 0.227 e. The fourth-order valence-electron chi connectivity index (χ4n) is 3.80. The quantitative estimate of drug-likeness (QED) is 0.942. The highest BCUT2D eigenvalue weighted by molar-refractivity contribution is 5.95. The number of nitrogens with one attached hydrogen (secondary N) is 1. The molecule has 2 aliphatic heterocycles. The number of aromatic amines is 1. The zero-order valence-corrected chi connectivity index (χ0v) is 13.5. The van der Waals surface area contributed by atoms with Gasteiger partial charge in [-0.15, -0.1) is 0 Å². The Balaban J connectivity index is 1.46. The van der Waals surface area contributed by atoms with E-state index < -0.39 is 0 Å². The Bertz CT molecular complexity index is 723. The van der Waals surface area contributed by atoms with E-state index in [1.165, 1.54) is 6.07 Å².